The van der Waals surface area contributed by atoms with Crippen LogP contribution in [0.1, 0.15) is 51.4 Å². The summed E-state index contributed by atoms with van der Waals surface area (Å²) in [7, 11) is -1.69. The van der Waals surface area contributed by atoms with Crippen LogP contribution in [0.25, 0.3) is 0 Å². The van der Waals surface area contributed by atoms with Crippen LogP contribution in [-0.2, 0) is 19.6 Å². The van der Waals surface area contributed by atoms with E-state index in [-0.39, 0.29) is 17.3 Å². The summed E-state index contributed by atoms with van der Waals surface area (Å²) in [5, 5.41) is 0. The second-order valence-corrected chi connectivity index (χ2v) is 9.38. The number of nitrogens with zero attached hydrogens (tertiary/aromatic N) is 1. The van der Waals surface area contributed by atoms with Gasteiger partial charge in [-0.1, -0.05) is 25.7 Å². The van der Waals surface area contributed by atoms with Gasteiger partial charge in [-0.15, -0.1) is 0 Å². The number of hydrogen-bond acceptors (Lipinski definition) is 4. The van der Waals surface area contributed by atoms with Crippen LogP contribution < -0.4 is 0 Å². The Bertz CT molecular complexity index is 516. The largest absolute Gasteiger partial charge is 0.469 e. The van der Waals surface area contributed by atoms with Gasteiger partial charge in [-0.05, 0) is 37.0 Å². The lowest BCUT2D eigenvalue weighted by Crippen LogP contribution is -2.41. The van der Waals surface area contributed by atoms with Gasteiger partial charge in [0.25, 0.3) is 0 Å². The van der Waals surface area contributed by atoms with Crippen LogP contribution in [0, 0.1) is 17.3 Å². The fourth-order valence-corrected chi connectivity index (χ4v) is 5.96. The maximum atomic E-state index is 12.5. The molecule has 1 heterocycles. The van der Waals surface area contributed by atoms with Crippen molar-refractivity contribution in [3.63, 3.8) is 0 Å². The first kappa shape index (κ1) is 16.2. The van der Waals surface area contributed by atoms with Crippen LogP contribution in [0.3, 0.4) is 0 Å². The van der Waals surface area contributed by atoms with Gasteiger partial charge in [-0.25, -0.2) is 12.7 Å². The van der Waals surface area contributed by atoms with Crippen molar-refractivity contribution in [3.8, 4) is 0 Å². The summed E-state index contributed by atoms with van der Waals surface area (Å²) in [5.74, 6) is 0.780. The number of carbonyl (C=O) groups excluding carboxylic acids is 1. The summed E-state index contributed by atoms with van der Waals surface area (Å²) in [6.07, 6.45) is 8.19. The summed E-state index contributed by atoms with van der Waals surface area (Å²) in [4.78, 5) is 11.6. The maximum absolute atomic E-state index is 12.5. The molecule has 22 heavy (non-hydrogen) atoms. The Hall–Kier alpha value is -0.620. The molecule has 2 aliphatic carbocycles. The molecule has 2 saturated carbocycles. The molecule has 1 saturated heterocycles. The van der Waals surface area contributed by atoms with Gasteiger partial charge in [0.2, 0.25) is 10.0 Å². The molecule has 5 nitrogen and oxygen atoms in total. The van der Waals surface area contributed by atoms with Crippen molar-refractivity contribution in [2.75, 3.05) is 26.0 Å². The van der Waals surface area contributed by atoms with E-state index in [0.717, 1.165) is 25.7 Å². The number of piperidine rings is 1. The maximum Gasteiger partial charge on any atom is 0.309 e. The van der Waals surface area contributed by atoms with E-state index < -0.39 is 10.0 Å². The molecule has 0 amide bonds. The molecule has 6 heteroatoms. The van der Waals surface area contributed by atoms with E-state index in [1.165, 1.54) is 32.8 Å². The molecule has 126 valence electrons. The molecule has 1 unspecified atom stereocenters. The zero-order valence-corrected chi connectivity index (χ0v) is 14.2. The van der Waals surface area contributed by atoms with E-state index >= 15 is 0 Å². The summed E-state index contributed by atoms with van der Waals surface area (Å²) < 4.78 is 31.4. The van der Waals surface area contributed by atoms with Crippen LogP contribution in [0.5, 0.6) is 0 Å². The van der Waals surface area contributed by atoms with Crippen molar-refractivity contribution in [1.82, 2.24) is 4.31 Å². The average molecular weight is 329 g/mol. The summed E-state index contributed by atoms with van der Waals surface area (Å²) in [6, 6.07) is 0. The first-order valence-corrected chi connectivity index (χ1v) is 10.1. The summed E-state index contributed by atoms with van der Waals surface area (Å²) in [5.41, 5.74) is 0.0323. The van der Waals surface area contributed by atoms with Gasteiger partial charge in [0.05, 0.1) is 18.8 Å². The van der Waals surface area contributed by atoms with Crippen LogP contribution in [0.4, 0.5) is 0 Å². The van der Waals surface area contributed by atoms with Crippen LogP contribution >= 0.6 is 0 Å². The highest BCUT2D eigenvalue weighted by molar-refractivity contribution is 7.89. The highest BCUT2D eigenvalue weighted by atomic mass is 32.2. The molecule has 1 aliphatic heterocycles. The normalized spacial score (nSPS) is 28.9. The molecule has 3 rings (SSSR count). The average Bonchev–Trinajstić information content (AvgIpc) is 2.97. The fourth-order valence-electron chi connectivity index (χ4n) is 4.33. The van der Waals surface area contributed by atoms with Gasteiger partial charge in [0, 0.05) is 13.1 Å². The minimum Gasteiger partial charge on any atom is -0.469 e. The molecule has 0 aromatic carbocycles. The van der Waals surface area contributed by atoms with Crippen LogP contribution in [-0.4, -0.2) is 44.6 Å². The molecule has 0 aromatic heterocycles. The predicted molar refractivity (Wildman–Crippen MR) is 83.7 cm³/mol. The minimum absolute atomic E-state index is 0.000780. The van der Waals surface area contributed by atoms with E-state index in [0.29, 0.717) is 24.8 Å². The molecule has 0 radical (unpaired) electrons. The zero-order valence-electron chi connectivity index (χ0n) is 13.4. The fraction of sp³-hybridized carbons (Fsp3) is 0.938. The number of sulfonamides is 1. The zero-order chi connectivity index (χ0) is 15.8. The van der Waals surface area contributed by atoms with Crippen molar-refractivity contribution < 1.29 is 17.9 Å². The van der Waals surface area contributed by atoms with Gasteiger partial charge in [0.1, 0.15) is 0 Å². The van der Waals surface area contributed by atoms with E-state index in [2.05, 4.69) is 0 Å². The van der Waals surface area contributed by atoms with Crippen molar-refractivity contribution in [3.05, 3.63) is 0 Å². The number of esters is 1. The Kier molecular flexibility index (Phi) is 4.52. The van der Waals surface area contributed by atoms with Gasteiger partial charge in [-0.2, -0.15) is 0 Å². The van der Waals surface area contributed by atoms with Crippen LogP contribution in [0.15, 0.2) is 0 Å². The third kappa shape index (κ3) is 3.18. The van der Waals surface area contributed by atoms with E-state index in [9.17, 15) is 13.2 Å². The lowest BCUT2D eigenvalue weighted by Gasteiger charge is -2.32. The number of carbonyl (C=O) groups is 1. The lowest BCUT2D eigenvalue weighted by atomic mass is 9.92. The Morgan fingerprint density at radius 2 is 1.86 bits per heavy atom. The molecule has 1 atom stereocenters. The SMILES string of the molecule is COC(=O)C1CC12CCN(S(=O)(=O)CCC1CCCC1)CC2. The molecule has 3 aliphatic rings. The quantitative estimate of drug-likeness (QED) is 0.725. The first-order valence-electron chi connectivity index (χ1n) is 8.52. The number of ether oxygens (including phenoxy) is 1. The Morgan fingerprint density at radius 3 is 2.45 bits per heavy atom. The number of hydrogen-bond donors (Lipinski definition) is 0. The highest BCUT2D eigenvalue weighted by Crippen LogP contribution is 2.59. The molecule has 0 aromatic rings. The van der Waals surface area contributed by atoms with E-state index in [1.54, 1.807) is 4.31 Å². The summed E-state index contributed by atoms with van der Waals surface area (Å²) >= 11 is 0. The van der Waals surface area contributed by atoms with Gasteiger partial charge >= 0.3 is 5.97 Å². The van der Waals surface area contributed by atoms with Crippen molar-refractivity contribution in [2.24, 2.45) is 17.3 Å². The second kappa shape index (κ2) is 6.11. The smallest absolute Gasteiger partial charge is 0.309 e. The predicted octanol–water partition coefficient (Wildman–Crippen LogP) is 2.17. The Morgan fingerprint density at radius 1 is 1.23 bits per heavy atom. The lowest BCUT2D eigenvalue weighted by molar-refractivity contribution is -0.143. The van der Waals surface area contributed by atoms with E-state index in [1.807, 2.05) is 0 Å². The molecular formula is C16H27NO4S. The van der Waals surface area contributed by atoms with Gasteiger partial charge in [0.15, 0.2) is 0 Å². The first-order chi connectivity index (χ1) is 10.5. The molecule has 3 fully saturated rings. The highest BCUT2D eigenvalue weighted by Gasteiger charge is 2.59. The minimum atomic E-state index is -3.12. The van der Waals surface area contributed by atoms with Crippen molar-refractivity contribution >= 4 is 16.0 Å². The third-order valence-electron chi connectivity index (χ3n) is 6.05. The van der Waals surface area contributed by atoms with Crippen molar-refractivity contribution in [2.45, 2.75) is 51.4 Å². The van der Waals surface area contributed by atoms with Gasteiger partial charge < -0.3 is 4.74 Å². The number of methoxy groups -OCH3 is 1. The molecule has 0 N–H and O–H groups in total. The second-order valence-electron chi connectivity index (χ2n) is 7.30. The third-order valence-corrected chi connectivity index (χ3v) is 7.95. The Labute approximate surface area is 133 Å². The Balaban J connectivity index is 1.49. The molecule has 1 spiro atoms. The topological polar surface area (TPSA) is 63.7 Å². The standard InChI is InChI=1S/C16H27NO4S/c1-21-15(18)14-12-16(14)7-9-17(10-8-16)22(19,20)11-6-13-4-2-3-5-13/h13-14H,2-12H2,1H3. The number of rotatable bonds is 5. The summed E-state index contributed by atoms with van der Waals surface area (Å²) in [6.45, 7) is 1.14. The van der Waals surface area contributed by atoms with Crippen LogP contribution in [0.2, 0.25) is 0 Å². The van der Waals surface area contributed by atoms with Crippen molar-refractivity contribution in [1.29, 1.82) is 0 Å². The van der Waals surface area contributed by atoms with E-state index in [4.69, 9.17) is 4.74 Å². The molecular weight excluding hydrogens is 302 g/mol. The van der Waals surface area contributed by atoms with Gasteiger partial charge in [-0.3, -0.25) is 4.79 Å². The molecule has 0 bridgehead atoms. The monoisotopic (exact) mass is 329 g/mol.